The van der Waals surface area contributed by atoms with Crippen LogP contribution in [0.2, 0.25) is 0 Å². The van der Waals surface area contributed by atoms with E-state index >= 15 is 0 Å². The molecule has 2 rings (SSSR count). The predicted molar refractivity (Wildman–Crippen MR) is 85.3 cm³/mol. The molecule has 1 aromatic heterocycles. The van der Waals surface area contributed by atoms with Crippen LogP contribution in [-0.2, 0) is 4.74 Å². The van der Waals surface area contributed by atoms with Gasteiger partial charge in [0.15, 0.2) is 5.76 Å². The Morgan fingerprint density at radius 2 is 1.95 bits per heavy atom. The van der Waals surface area contributed by atoms with E-state index in [1.807, 2.05) is 32.9 Å². The lowest BCUT2D eigenvalue weighted by atomic mass is 10.0. The Kier molecular flexibility index (Phi) is 5.57. The van der Waals surface area contributed by atoms with Crippen LogP contribution in [0.15, 0.2) is 16.5 Å². The lowest BCUT2D eigenvalue weighted by Gasteiger charge is -2.04. The highest BCUT2D eigenvalue weighted by atomic mass is 16.5. The molecule has 1 heterocycles. The fraction of sp³-hybridized carbons (Fsp3) is 0.471. The van der Waals surface area contributed by atoms with Crippen LogP contribution in [0.25, 0.3) is 11.0 Å². The van der Waals surface area contributed by atoms with E-state index in [2.05, 4.69) is 5.32 Å². The van der Waals surface area contributed by atoms with Crippen molar-refractivity contribution < 1.29 is 19.1 Å². The van der Waals surface area contributed by atoms with Gasteiger partial charge in [-0.05, 0) is 38.3 Å². The molecule has 22 heavy (non-hydrogen) atoms. The number of rotatable bonds is 7. The van der Waals surface area contributed by atoms with Crippen molar-refractivity contribution in [2.75, 3.05) is 26.4 Å². The number of aliphatic hydroxyl groups excluding tert-OH is 1. The van der Waals surface area contributed by atoms with Gasteiger partial charge < -0.3 is 19.6 Å². The minimum Gasteiger partial charge on any atom is -0.450 e. The van der Waals surface area contributed by atoms with Gasteiger partial charge in [-0.25, -0.2) is 0 Å². The third-order valence-corrected chi connectivity index (χ3v) is 3.68. The van der Waals surface area contributed by atoms with Crippen molar-refractivity contribution in [3.63, 3.8) is 0 Å². The number of furan rings is 1. The van der Waals surface area contributed by atoms with E-state index in [4.69, 9.17) is 14.3 Å². The first-order valence-electron chi connectivity index (χ1n) is 7.52. The highest BCUT2D eigenvalue weighted by Crippen LogP contribution is 2.30. The third kappa shape index (κ3) is 3.48. The first-order chi connectivity index (χ1) is 10.6. The maximum Gasteiger partial charge on any atom is 0.287 e. The largest absolute Gasteiger partial charge is 0.450 e. The highest BCUT2D eigenvalue weighted by Gasteiger charge is 2.19. The minimum absolute atomic E-state index is 0.0171. The van der Waals surface area contributed by atoms with Crippen LogP contribution in [0.3, 0.4) is 0 Å². The average molecular weight is 305 g/mol. The summed E-state index contributed by atoms with van der Waals surface area (Å²) in [4.78, 5) is 12.3. The Balaban J connectivity index is 2.04. The molecule has 0 radical (unpaired) electrons. The number of nitrogens with one attached hydrogen (secondary N) is 1. The summed E-state index contributed by atoms with van der Waals surface area (Å²) in [5, 5.41) is 12.5. The van der Waals surface area contributed by atoms with E-state index in [0.717, 1.165) is 27.7 Å². The Morgan fingerprint density at radius 3 is 2.64 bits per heavy atom. The molecule has 0 atom stereocenters. The molecule has 0 fully saturated rings. The fourth-order valence-electron chi connectivity index (χ4n) is 2.51. The number of hydrogen-bond donors (Lipinski definition) is 2. The summed E-state index contributed by atoms with van der Waals surface area (Å²) in [5.74, 6) is 0.179. The van der Waals surface area contributed by atoms with Gasteiger partial charge in [0.1, 0.15) is 5.58 Å². The van der Waals surface area contributed by atoms with Crippen LogP contribution in [-0.4, -0.2) is 37.4 Å². The zero-order chi connectivity index (χ0) is 16.1. The molecule has 0 unspecified atom stereocenters. The molecule has 0 saturated heterocycles. The van der Waals surface area contributed by atoms with Crippen LogP contribution in [0.5, 0.6) is 0 Å². The maximum atomic E-state index is 12.3. The standard InChI is InChI=1S/C17H23NO4/c1-11-5-6-12(2)15-14(11)13(3)16(22-15)17(20)18-7-4-9-21-10-8-19/h5-6,19H,4,7-10H2,1-3H3,(H,18,20). The molecule has 5 nitrogen and oxygen atoms in total. The van der Waals surface area contributed by atoms with Crippen molar-refractivity contribution >= 4 is 16.9 Å². The predicted octanol–water partition coefficient (Wildman–Crippen LogP) is 2.49. The molecule has 0 spiro atoms. The summed E-state index contributed by atoms with van der Waals surface area (Å²) in [6.45, 7) is 7.28. The quantitative estimate of drug-likeness (QED) is 0.771. The number of aliphatic hydroxyl groups is 1. The Hall–Kier alpha value is -1.85. The maximum absolute atomic E-state index is 12.3. The van der Waals surface area contributed by atoms with E-state index in [1.165, 1.54) is 0 Å². The van der Waals surface area contributed by atoms with Gasteiger partial charge in [-0.1, -0.05) is 12.1 Å². The van der Waals surface area contributed by atoms with Gasteiger partial charge in [-0.2, -0.15) is 0 Å². The summed E-state index contributed by atoms with van der Waals surface area (Å²) in [5.41, 5.74) is 3.80. The first kappa shape index (κ1) is 16.5. The van der Waals surface area contributed by atoms with E-state index in [9.17, 15) is 4.79 Å². The Morgan fingerprint density at radius 1 is 1.23 bits per heavy atom. The topological polar surface area (TPSA) is 71.7 Å². The first-order valence-corrected chi connectivity index (χ1v) is 7.52. The molecule has 5 heteroatoms. The second-order valence-corrected chi connectivity index (χ2v) is 5.41. The molecule has 0 bridgehead atoms. The number of benzene rings is 1. The number of amides is 1. The number of aryl methyl sites for hydroxylation is 3. The summed E-state index contributed by atoms with van der Waals surface area (Å²) in [6.07, 6.45) is 0.697. The second kappa shape index (κ2) is 7.42. The third-order valence-electron chi connectivity index (χ3n) is 3.68. The number of carbonyl (C=O) groups excluding carboxylic acids is 1. The summed E-state index contributed by atoms with van der Waals surface area (Å²) in [6, 6.07) is 4.04. The molecule has 2 aromatic rings. The van der Waals surface area contributed by atoms with E-state index < -0.39 is 0 Å². The van der Waals surface area contributed by atoms with Gasteiger partial charge in [-0.15, -0.1) is 0 Å². The van der Waals surface area contributed by atoms with Gasteiger partial charge in [0.2, 0.25) is 0 Å². The highest BCUT2D eigenvalue weighted by molar-refractivity contribution is 6.00. The van der Waals surface area contributed by atoms with Crippen LogP contribution >= 0.6 is 0 Å². The van der Waals surface area contributed by atoms with Crippen molar-refractivity contribution in [1.29, 1.82) is 0 Å². The zero-order valence-corrected chi connectivity index (χ0v) is 13.4. The lowest BCUT2D eigenvalue weighted by molar-refractivity contribution is 0.0856. The van der Waals surface area contributed by atoms with Crippen molar-refractivity contribution in [2.24, 2.45) is 0 Å². The zero-order valence-electron chi connectivity index (χ0n) is 13.4. The number of hydrogen-bond acceptors (Lipinski definition) is 4. The Bertz CT molecular complexity index is 660. The van der Waals surface area contributed by atoms with Gasteiger partial charge in [-0.3, -0.25) is 4.79 Å². The lowest BCUT2D eigenvalue weighted by Crippen LogP contribution is -2.25. The van der Waals surface area contributed by atoms with Crippen molar-refractivity contribution in [1.82, 2.24) is 5.32 Å². The van der Waals surface area contributed by atoms with Crippen LogP contribution in [0, 0.1) is 20.8 Å². The molecular formula is C17H23NO4. The molecule has 0 aliphatic carbocycles. The van der Waals surface area contributed by atoms with Gasteiger partial charge in [0.05, 0.1) is 13.2 Å². The van der Waals surface area contributed by atoms with Crippen molar-refractivity contribution in [3.05, 3.63) is 34.6 Å². The number of carbonyl (C=O) groups is 1. The molecular weight excluding hydrogens is 282 g/mol. The fourth-order valence-corrected chi connectivity index (χ4v) is 2.51. The molecule has 0 aliphatic rings. The smallest absolute Gasteiger partial charge is 0.287 e. The minimum atomic E-state index is -0.199. The average Bonchev–Trinajstić information content (AvgIpc) is 2.85. The summed E-state index contributed by atoms with van der Waals surface area (Å²) < 4.78 is 10.9. The molecule has 1 amide bonds. The van der Waals surface area contributed by atoms with E-state index in [0.29, 0.717) is 31.9 Å². The monoisotopic (exact) mass is 305 g/mol. The van der Waals surface area contributed by atoms with Crippen LogP contribution in [0.1, 0.15) is 33.7 Å². The molecule has 2 N–H and O–H groups in total. The van der Waals surface area contributed by atoms with Gasteiger partial charge in [0.25, 0.3) is 5.91 Å². The molecule has 120 valence electrons. The van der Waals surface area contributed by atoms with Crippen molar-refractivity contribution in [3.8, 4) is 0 Å². The molecule has 1 aromatic carbocycles. The molecule has 0 saturated carbocycles. The van der Waals surface area contributed by atoms with E-state index in [1.54, 1.807) is 0 Å². The Labute approximate surface area is 130 Å². The SMILES string of the molecule is Cc1ccc(C)c2c(C)c(C(=O)NCCCOCCO)oc12. The van der Waals surface area contributed by atoms with Crippen molar-refractivity contribution in [2.45, 2.75) is 27.2 Å². The van der Waals surface area contributed by atoms with E-state index in [-0.39, 0.29) is 12.5 Å². The second-order valence-electron chi connectivity index (χ2n) is 5.41. The van der Waals surface area contributed by atoms with Gasteiger partial charge >= 0.3 is 0 Å². The molecule has 0 aliphatic heterocycles. The summed E-state index contributed by atoms with van der Waals surface area (Å²) in [7, 11) is 0. The number of fused-ring (bicyclic) bond motifs is 1. The van der Waals surface area contributed by atoms with Crippen LogP contribution in [0.4, 0.5) is 0 Å². The normalized spacial score (nSPS) is 11.1. The summed E-state index contributed by atoms with van der Waals surface area (Å²) >= 11 is 0. The number of ether oxygens (including phenoxy) is 1. The van der Waals surface area contributed by atoms with Crippen LogP contribution < -0.4 is 5.32 Å². The van der Waals surface area contributed by atoms with Gasteiger partial charge in [0, 0.05) is 24.1 Å².